The summed E-state index contributed by atoms with van der Waals surface area (Å²) in [6, 6.07) is 0. The Hall–Kier alpha value is -1.18. The van der Waals surface area contributed by atoms with Gasteiger partial charge in [0.1, 0.15) is 0 Å². The zero-order valence-electron chi connectivity index (χ0n) is 14.8. The van der Waals surface area contributed by atoms with Crippen LogP contribution in [-0.4, -0.2) is 96.8 Å². The number of hydrogen-bond acceptors (Lipinski definition) is 5. The van der Waals surface area contributed by atoms with Gasteiger partial charge >= 0.3 is 0 Å². The molecule has 2 saturated heterocycles. The Morgan fingerprint density at radius 3 is 2.62 bits per heavy atom. The van der Waals surface area contributed by atoms with Gasteiger partial charge in [0.05, 0.1) is 19.3 Å². The smallest absolute Gasteiger partial charge is 0.242 e. The van der Waals surface area contributed by atoms with Crippen LogP contribution >= 0.6 is 0 Å². The van der Waals surface area contributed by atoms with Crippen molar-refractivity contribution in [3.63, 3.8) is 0 Å². The summed E-state index contributed by atoms with van der Waals surface area (Å²) in [6.07, 6.45) is 3.08. The summed E-state index contributed by atoms with van der Waals surface area (Å²) in [4.78, 5) is 30.1. The number of nitrogens with zero attached hydrogens (tertiary/aromatic N) is 3. The molecule has 0 radical (unpaired) electrons. The van der Waals surface area contributed by atoms with Crippen LogP contribution in [0.3, 0.4) is 0 Å². The molecule has 0 aromatic rings. The molecule has 0 aliphatic carbocycles. The molecule has 2 aliphatic rings. The number of hydrogen-bond donors (Lipinski definition) is 1. The molecule has 1 atom stereocenters. The van der Waals surface area contributed by atoms with Crippen molar-refractivity contribution in [2.75, 3.05) is 59.0 Å². The predicted octanol–water partition coefficient (Wildman–Crippen LogP) is -0.0694. The molecule has 0 unspecified atom stereocenters. The van der Waals surface area contributed by atoms with Gasteiger partial charge in [-0.05, 0) is 19.8 Å². The van der Waals surface area contributed by atoms with E-state index in [1.807, 2.05) is 11.8 Å². The molecule has 2 rings (SSSR count). The Labute approximate surface area is 144 Å². The van der Waals surface area contributed by atoms with Crippen LogP contribution in [0.25, 0.3) is 0 Å². The minimum Gasteiger partial charge on any atom is -0.389 e. The van der Waals surface area contributed by atoms with E-state index in [0.717, 1.165) is 32.4 Å². The van der Waals surface area contributed by atoms with E-state index in [1.54, 1.807) is 4.90 Å². The molecular formula is C17H31N3O4. The standard InChI is InChI=1S/C17H31N3O4/c1-2-24-14-15(21)12-18-8-10-19(11-9-18)17(23)13-20-7-5-3-4-6-16(20)22/h15,21H,2-14H2,1H3/t15-/m0/s1. The first-order valence-corrected chi connectivity index (χ1v) is 9.14. The second-order valence-corrected chi connectivity index (χ2v) is 6.62. The molecule has 0 aromatic heterocycles. The van der Waals surface area contributed by atoms with E-state index in [4.69, 9.17) is 4.74 Å². The fourth-order valence-electron chi connectivity index (χ4n) is 3.25. The summed E-state index contributed by atoms with van der Waals surface area (Å²) in [6.45, 7) is 7.18. The average Bonchev–Trinajstić information content (AvgIpc) is 2.78. The number of carbonyl (C=O) groups is 2. The Morgan fingerprint density at radius 1 is 1.17 bits per heavy atom. The minimum absolute atomic E-state index is 0.0414. The van der Waals surface area contributed by atoms with E-state index >= 15 is 0 Å². The van der Waals surface area contributed by atoms with Crippen LogP contribution in [0.1, 0.15) is 32.6 Å². The Kier molecular flexibility index (Phi) is 7.94. The monoisotopic (exact) mass is 341 g/mol. The molecule has 7 nitrogen and oxygen atoms in total. The first-order valence-electron chi connectivity index (χ1n) is 9.14. The third-order valence-corrected chi connectivity index (χ3v) is 4.71. The highest BCUT2D eigenvalue weighted by atomic mass is 16.5. The fraction of sp³-hybridized carbons (Fsp3) is 0.882. The molecule has 0 aromatic carbocycles. The quantitative estimate of drug-likeness (QED) is 0.702. The number of β-amino-alcohol motifs (C(OH)–C–C–N with tert-alkyl or cyclic N) is 1. The van der Waals surface area contributed by atoms with Crippen LogP contribution in [0.4, 0.5) is 0 Å². The van der Waals surface area contributed by atoms with Gasteiger partial charge in [0.25, 0.3) is 0 Å². The number of amides is 2. The van der Waals surface area contributed by atoms with Crippen molar-refractivity contribution >= 4 is 11.8 Å². The average molecular weight is 341 g/mol. The first kappa shape index (κ1) is 19.1. The van der Waals surface area contributed by atoms with E-state index in [9.17, 15) is 14.7 Å². The van der Waals surface area contributed by atoms with Gasteiger partial charge in [-0.3, -0.25) is 14.5 Å². The molecule has 2 fully saturated rings. The summed E-state index contributed by atoms with van der Waals surface area (Å²) < 4.78 is 5.22. The van der Waals surface area contributed by atoms with Crippen LogP contribution < -0.4 is 0 Å². The third kappa shape index (κ3) is 6.03. The van der Waals surface area contributed by atoms with Crippen molar-refractivity contribution in [3.8, 4) is 0 Å². The van der Waals surface area contributed by atoms with Crippen LogP contribution in [-0.2, 0) is 14.3 Å². The highest BCUT2D eigenvalue weighted by Gasteiger charge is 2.26. The number of carbonyl (C=O) groups excluding carboxylic acids is 2. The molecule has 1 N–H and O–H groups in total. The van der Waals surface area contributed by atoms with Gasteiger partial charge in [0.2, 0.25) is 11.8 Å². The Bertz CT molecular complexity index is 411. The minimum atomic E-state index is -0.484. The van der Waals surface area contributed by atoms with Crippen molar-refractivity contribution in [1.29, 1.82) is 0 Å². The van der Waals surface area contributed by atoms with E-state index < -0.39 is 6.10 Å². The Balaban J connectivity index is 1.71. The van der Waals surface area contributed by atoms with Crippen LogP contribution in [0, 0.1) is 0 Å². The molecule has 2 heterocycles. The van der Waals surface area contributed by atoms with Crippen molar-refractivity contribution in [1.82, 2.24) is 14.7 Å². The summed E-state index contributed by atoms with van der Waals surface area (Å²) in [5.41, 5.74) is 0. The van der Waals surface area contributed by atoms with E-state index in [1.165, 1.54) is 0 Å². The molecule has 0 saturated carbocycles. The second-order valence-electron chi connectivity index (χ2n) is 6.62. The largest absolute Gasteiger partial charge is 0.389 e. The van der Waals surface area contributed by atoms with Crippen molar-refractivity contribution in [2.45, 2.75) is 38.7 Å². The topological polar surface area (TPSA) is 73.3 Å². The lowest BCUT2D eigenvalue weighted by Gasteiger charge is -2.36. The highest BCUT2D eigenvalue weighted by molar-refractivity contribution is 5.85. The summed E-state index contributed by atoms with van der Waals surface area (Å²) in [5.74, 6) is 0.151. The lowest BCUT2D eigenvalue weighted by molar-refractivity contribution is -0.141. The van der Waals surface area contributed by atoms with E-state index in [-0.39, 0.29) is 18.4 Å². The first-order chi connectivity index (χ1) is 11.6. The number of aliphatic hydroxyl groups is 1. The second kappa shape index (κ2) is 9.96. The molecule has 0 bridgehead atoms. The maximum atomic E-state index is 12.4. The summed E-state index contributed by atoms with van der Waals surface area (Å²) >= 11 is 0. The zero-order valence-corrected chi connectivity index (χ0v) is 14.8. The fourth-order valence-corrected chi connectivity index (χ4v) is 3.25. The molecule has 7 heteroatoms. The van der Waals surface area contributed by atoms with Crippen LogP contribution in [0.15, 0.2) is 0 Å². The SMILES string of the molecule is CCOC[C@@H](O)CN1CCN(C(=O)CN2CCCCCC2=O)CC1. The molecule has 138 valence electrons. The van der Waals surface area contributed by atoms with Crippen molar-refractivity contribution in [2.24, 2.45) is 0 Å². The summed E-state index contributed by atoms with van der Waals surface area (Å²) in [7, 11) is 0. The number of ether oxygens (including phenoxy) is 1. The maximum absolute atomic E-state index is 12.4. The number of likely N-dealkylation sites (tertiary alicyclic amines) is 1. The highest BCUT2D eigenvalue weighted by Crippen LogP contribution is 2.12. The molecule has 24 heavy (non-hydrogen) atoms. The van der Waals surface area contributed by atoms with Gasteiger partial charge in [-0.25, -0.2) is 0 Å². The number of piperazine rings is 1. The van der Waals surface area contributed by atoms with E-state index in [0.29, 0.717) is 45.8 Å². The Morgan fingerprint density at radius 2 is 1.92 bits per heavy atom. The van der Waals surface area contributed by atoms with Gasteiger partial charge < -0.3 is 19.6 Å². The van der Waals surface area contributed by atoms with Gasteiger partial charge in [0, 0.05) is 52.3 Å². The lowest BCUT2D eigenvalue weighted by Crippen LogP contribution is -2.53. The third-order valence-electron chi connectivity index (χ3n) is 4.71. The predicted molar refractivity (Wildman–Crippen MR) is 90.6 cm³/mol. The molecule has 2 aliphatic heterocycles. The zero-order chi connectivity index (χ0) is 17.4. The maximum Gasteiger partial charge on any atom is 0.242 e. The lowest BCUT2D eigenvalue weighted by atomic mass is 10.2. The van der Waals surface area contributed by atoms with Crippen LogP contribution in [0.5, 0.6) is 0 Å². The van der Waals surface area contributed by atoms with Crippen molar-refractivity contribution in [3.05, 3.63) is 0 Å². The molecule has 2 amide bonds. The van der Waals surface area contributed by atoms with E-state index in [2.05, 4.69) is 4.90 Å². The van der Waals surface area contributed by atoms with Crippen LogP contribution in [0.2, 0.25) is 0 Å². The van der Waals surface area contributed by atoms with Crippen molar-refractivity contribution < 1.29 is 19.4 Å². The number of rotatable bonds is 7. The molecule has 0 spiro atoms. The normalized spacial score (nSPS) is 21.7. The van der Waals surface area contributed by atoms with Gasteiger partial charge in [0.15, 0.2) is 0 Å². The number of aliphatic hydroxyl groups excluding tert-OH is 1. The van der Waals surface area contributed by atoms with Gasteiger partial charge in [-0.1, -0.05) is 6.42 Å². The van der Waals surface area contributed by atoms with Gasteiger partial charge in [-0.15, -0.1) is 0 Å². The summed E-state index contributed by atoms with van der Waals surface area (Å²) in [5, 5.41) is 9.89. The molecular weight excluding hydrogens is 310 g/mol. The van der Waals surface area contributed by atoms with Gasteiger partial charge in [-0.2, -0.15) is 0 Å².